The molecule has 0 aliphatic carbocycles. The van der Waals surface area contributed by atoms with E-state index in [1.807, 2.05) is 0 Å². The first kappa shape index (κ1) is 35.2. The van der Waals surface area contributed by atoms with Crippen molar-refractivity contribution in [2.24, 2.45) is 0 Å². The van der Waals surface area contributed by atoms with Gasteiger partial charge in [0, 0.05) is 0 Å². The molecule has 6 rings (SSSR count). The average Bonchev–Trinajstić information content (AvgIpc) is 3.15. The summed E-state index contributed by atoms with van der Waals surface area (Å²) in [6.07, 6.45) is 11.6. The first-order valence-corrected chi connectivity index (χ1v) is 18.9. The van der Waals surface area contributed by atoms with E-state index >= 15 is 0 Å². The van der Waals surface area contributed by atoms with Gasteiger partial charge in [0.25, 0.3) is 0 Å². The zero-order valence-electron chi connectivity index (χ0n) is 31.0. The van der Waals surface area contributed by atoms with Crippen molar-refractivity contribution in [1.29, 1.82) is 0 Å². The van der Waals surface area contributed by atoms with Crippen molar-refractivity contribution in [3.63, 3.8) is 0 Å². The number of benzene rings is 6. The third kappa shape index (κ3) is 8.36. The lowest BCUT2D eigenvalue weighted by molar-refractivity contribution is 0.578. The van der Waals surface area contributed by atoms with E-state index in [4.69, 9.17) is 0 Å². The Hall–Kier alpha value is -4.68. The Balaban J connectivity index is 0.911. The third-order valence-corrected chi connectivity index (χ3v) is 11.1. The molecule has 254 valence electrons. The fourth-order valence-electron chi connectivity index (χ4n) is 7.63. The SMILES string of the molecule is Cc1ccccc1-c1ccc(-c2ccc(CCCCCCCCCc3ccc(-c4ccc(-c5ccccc5)cc4)c(C)c3C)c(C)c2C)cc1. The molecule has 0 saturated heterocycles. The molecule has 0 heterocycles. The fraction of sp³-hybridized carbons (Fsp3) is 0.280. The van der Waals surface area contributed by atoms with E-state index in [0.29, 0.717) is 0 Å². The van der Waals surface area contributed by atoms with Crippen LogP contribution in [0.2, 0.25) is 0 Å². The molecule has 0 heteroatoms. The topological polar surface area (TPSA) is 0 Å². The summed E-state index contributed by atoms with van der Waals surface area (Å²) in [7, 11) is 0. The highest BCUT2D eigenvalue weighted by Crippen LogP contribution is 2.33. The Kier molecular flexibility index (Phi) is 11.8. The zero-order valence-corrected chi connectivity index (χ0v) is 31.0. The minimum Gasteiger partial charge on any atom is -0.0622 e. The first-order valence-electron chi connectivity index (χ1n) is 18.9. The van der Waals surface area contributed by atoms with Crippen LogP contribution in [0.15, 0.2) is 127 Å². The Morgan fingerprint density at radius 1 is 0.280 bits per heavy atom. The monoisotopic (exact) mass is 654 g/mol. The van der Waals surface area contributed by atoms with Crippen molar-refractivity contribution in [2.45, 2.75) is 92.4 Å². The van der Waals surface area contributed by atoms with Crippen LogP contribution in [-0.4, -0.2) is 0 Å². The van der Waals surface area contributed by atoms with Gasteiger partial charge in [0.15, 0.2) is 0 Å². The largest absolute Gasteiger partial charge is 0.0622 e. The minimum atomic E-state index is 1.19. The smallest absolute Gasteiger partial charge is 0.0152 e. The molecule has 0 fully saturated rings. The van der Waals surface area contributed by atoms with Gasteiger partial charge in [-0.1, -0.05) is 159 Å². The van der Waals surface area contributed by atoms with Crippen LogP contribution in [-0.2, 0) is 12.8 Å². The molecular formula is C50H54. The molecule has 0 radical (unpaired) electrons. The lowest BCUT2D eigenvalue weighted by Gasteiger charge is -2.15. The van der Waals surface area contributed by atoms with Crippen molar-refractivity contribution in [3.05, 3.63) is 166 Å². The van der Waals surface area contributed by atoms with Gasteiger partial charge in [-0.3, -0.25) is 0 Å². The molecular weight excluding hydrogens is 601 g/mol. The summed E-state index contributed by atoms with van der Waals surface area (Å²) in [4.78, 5) is 0. The zero-order chi connectivity index (χ0) is 34.9. The van der Waals surface area contributed by atoms with Gasteiger partial charge >= 0.3 is 0 Å². The molecule has 0 nitrogen and oxygen atoms in total. The molecule has 0 amide bonds. The van der Waals surface area contributed by atoms with E-state index in [0.717, 1.165) is 0 Å². The van der Waals surface area contributed by atoms with Crippen molar-refractivity contribution in [3.8, 4) is 44.5 Å². The molecule has 0 bridgehead atoms. The lowest BCUT2D eigenvalue weighted by Crippen LogP contribution is -1.96. The highest BCUT2D eigenvalue weighted by molar-refractivity contribution is 5.75. The molecule has 0 atom stereocenters. The first-order chi connectivity index (χ1) is 24.4. The van der Waals surface area contributed by atoms with E-state index in [-0.39, 0.29) is 0 Å². The summed E-state index contributed by atoms with van der Waals surface area (Å²) in [6.45, 7) is 11.4. The lowest BCUT2D eigenvalue weighted by atomic mass is 9.90. The maximum atomic E-state index is 2.38. The average molecular weight is 655 g/mol. The summed E-state index contributed by atoms with van der Waals surface area (Å²) >= 11 is 0. The summed E-state index contributed by atoms with van der Waals surface area (Å²) in [5.41, 5.74) is 20.6. The summed E-state index contributed by atoms with van der Waals surface area (Å²) in [5.74, 6) is 0. The van der Waals surface area contributed by atoms with Gasteiger partial charge in [-0.25, -0.2) is 0 Å². The van der Waals surface area contributed by atoms with Crippen LogP contribution in [0.4, 0.5) is 0 Å². The van der Waals surface area contributed by atoms with E-state index in [1.54, 1.807) is 0 Å². The minimum absolute atomic E-state index is 1.19. The number of hydrogen-bond donors (Lipinski definition) is 0. The van der Waals surface area contributed by atoms with Crippen LogP contribution in [0.1, 0.15) is 83.9 Å². The van der Waals surface area contributed by atoms with Gasteiger partial charge in [-0.15, -0.1) is 0 Å². The molecule has 0 N–H and O–H groups in total. The normalized spacial score (nSPS) is 11.2. The predicted molar refractivity (Wildman–Crippen MR) is 218 cm³/mol. The Morgan fingerprint density at radius 3 is 1.14 bits per heavy atom. The van der Waals surface area contributed by atoms with Gasteiger partial charge < -0.3 is 0 Å². The summed E-state index contributed by atoms with van der Waals surface area (Å²) in [6, 6.07) is 46.9. The maximum Gasteiger partial charge on any atom is -0.0152 e. The van der Waals surface area contributed by atoms with Crippen molar-refractivity contribution >= 4 is 0 Å². The second-order valence-corrected chi connectivity index (χ2v) is 14.4. The van der Waals surface area contributed by atoms with E-state index < -0.39 is 0 Å². The molecule has 0 unspecified atom stereocenters. The second-order valence-electron chi connectivity index (χ2n) is 14.4. The molecule has 0 aromatic heterocycles. The third-order valence-electron chi connectivity index (χ3n) is 11.1. The number of aryl methyl sites for hydroxylation is 3. The van der Waals surface area contributed by atoms with Crippen molar-refractivity contribution in [2.75, 3.05) is 0 Å². The van der Waals surface area contributed by atoms with E-state index in [9.17, 15) is 0 Å². The van der Waals surface area contributed by atoms with Crippen LogP contribution in [0, 0.1) is 34.6 Å². The summed E-state index contributed by atoms with van der Waals surface area (Å²) < 4.78 is 0. The quantitative estimate of drug-likeness (QED) is 0.103. The Morgan fingerprint density at radius 2 is 0.660 bits per heavy atom. The predicted octanol–water partition coefficient (Wildman–Crippen LogP) is 14.4. The fourth-order valence-corrected chi connectivity index (χ4v) is 7.63. The molecule has 6 aromatic rings. The van der Waals surface area contributed by atoms with Crippen LogP contribution < -0.4 is 0 Å². The highest BCUT2D eigenvalue weighted by Gasteiger charge is 2.11. The number of rotatable bonds is 14. The number of hydrogen-bond acceptors (Lipinski definition) is 0. The molecule has 50 heavy (non-hydrogen) atoms. The number of unbranched alkanes of at least 4 members (excludes halogenated alkanes) is 6. The Labute approximate surface area is 302 Å². The summed E-state index contributed by atoms with van der Waals surface area (Å²) in [5, 5.41) is 0. The van der Waals surface area contributed by atoms with Crippen LogP contribution in [0.25, 0.3) is 44.5 Å². The molecule has 0 spiro atoms. The van der Waals surface area contributed by atoms with Crippen molar-refractivity contribution in [1.82, 2.24) is 0 Å². The van der Waals surface area contributed by atoms with Gasteiger partial charge in [0.2, 0.25) is 0 Å². The Bertz CT molecular complexity index is 1990. The van der Waals surface area contributed by atoms with Crippen LogP contribution in [0.3, 0.4) is 0 Å². The van der Waals surface area contributed by atoms with Gasteiger partial charge in [-0.2, -0.15) is 0 Å². The van der Waals surface area contributed by atoms with E-state index in [1.165, 1.54) is 141 Å². The van der Waals surface area contributed by atoms with Gasteiger partial charge in [0.1, 0.15) is 0 Å². The van der Waals surface area contributed by atoms with E-state index in [2.05, 4.69) is 162 Å². The van der Waals surface area contributed by atoms with Gasteiger partial charge in [-0.05, 0) is 144 Å². The van der Waals surface area contributed by atoms with Crippen LogP contribution >= 0.6 is 0 Å². The second kappa shape index (κ2) is 16.8. The standard InChI is InChI=1S/C50H54/c1-36-18-16-17-23-48(36)45-28-30-47(31-29-45)50-35-33-42(38(3)40(50)5)20-13-10-8-6-7-9-12-19-41-32-34-49(39(4)37(41)2)46-26-24-44(25-27-46)43-21-14-11-15-22-43/h11,14-18,21-35H,6-10,12-13,19-20H2,1-5H3. The molecule has 0 aliphatic heterocycles. The highest BCUT2D eigenvalue weighted by atomic mass is 14.2. The maximum absolute atomic E-state index is 2.38. The molecule has 6 aromatic carbocycles. The van der Waals surface area contributed by atoms with Gasteiger partial charge in [0.05, 0.1) is 0 Å². The molecule has 0 saturated carbocycles. The molecule has 0 aliphatic rings. The van der Waals surface area contributed by atoms with Crippen LogP contribution in [0.5, 0.6) is 0 Å². The van der Waals surface area contributed by atoms with Crippen molar-refractivity contribution < 1.29 is 0 Å².